The van der Waals surface area contributed by atoms with E-state index in [2.05, 4.69) is 29.6 Å². The van der Waals surface area contributed by atoms with Crippen LogP contribution in [0.2, 0.25) is 0 Å². The van der Waals surface area contributed by atoms with E-state index < -0.39 is 12.1 Å². The molecule has 0 bridgehead atoms. The topological polar surface area (TPSA) is 95.9 Å². The number of hydrogen-bond donors (Lipinski definition) is 2. The fraction of sp³-hybridized carbons (Fsp3) is 0.400. The van der Waals surface area contributed by atoms with Gasteiger partial charge in [-0.05, 0) is 35.6 Å². The molecule has 2 aromatic carbocycles. The van der Waals surface area contributed by atoms with Crippen molar-refractivity contribution in [3.05, 3.63) is 59.7 Å². The maximum Gasteiger partial charge on any atom is 0.407 e. The molecule has 0 fully saturated rings. The number of hydrogen-bond acceptors (Lipinski definition) is 5. The van der Waals surface area contributed by atoms with Crippen molar-refractivity contribution in [1.29, 1.82) is 0 Å². The summed E-state index contributed by atoms with van der Waals surface area (Å²) in [5, 5.41) is 11.5. The second-order valence-corrected chi connectivity index (χ2v) is 8.88. The van der Waals surface area contributed by atoms with Gasteiger partial charge in [0.25, 0.3) is 0 Å². The predicted octanol–water partition coefficient (Wildman–Crippen LogP) is 3.97. The number of ether oxygens (including phenoxy) is 1. The van der Waals surface area contributed by atoms with Crippen LogP contribution in [0.1, 0.15) is 36.8 Å². The lowest BCUT2D eigenvalue weighted by molar-refractivity contribution is -0.137. The van der Waals surface area contributed by atoms with Crippen molar-refractivity contribution in [2.75, 3.05) is 37.7 Å². The highest BCUT2D eigenvalue weighted by atomic mass is 32.2. The van der Waals surface area contributed by atoms with Crippen molar-refractivity contribution >= 4 is 29.7 Å². The van der Waals surface area contributed by atoms with Gasteiger partial charge in [0.15, 0.2) is 0 Å². The molecule has 8 heteroatoms. The fourth-order valence-corrected chi connectivity index (χ4v) is 4.75. The summed E-state index contributed by atoms with van der Waals surface area (Å²) >= 11 is 1.43. The van der Waals surface area contributed by atoms with Crippen LogP contribution in [0.4, 0.5) is 4.79 Å². The van der Waals surface area contributed by atoms with E-state index in [0.29, 0.717) is 37.6 Å². The first-order valence-corrected chi connectivity index (χ1v) is 12.3. The lowest BCUT2D eigenvalue weighted by atomic mass is 9.98. The Labute approximate surface area is 198 Å². The van der Waals surface area contributed by atoms with Crippen LogP contribution in [0.25, 0.3) is 11.1 Å². The first-order valence-electron chi connectivity index (χ1n) is 11.2. The quantitative estimate of drug-likeness (QED) is 0.456. The number of carbonyl (C=O) groups is 3. The van der Waals surface area contributed by atoms with Crippen LogP contribution in [0.3, 0.4) is 0 Å². The zero-order valence-electron chi connectivity index (χ0n) is 18.8. The van der Waals surface area contributed by atoms with Gasteiger partial charge >= 0.3 is 12.1 Å². The number of thioether (sulfide) groups is 1. The Morgan fingerprint density at radius 2 is 1.70 bits per heavy atom. The fourth-order valence-electron chi connectivity index (χ4n) is 4.01. The number of rotatable bonds is 12. The van der Waals surface area contributed by atoms with Gasteiger partial charge in [-0.25, -0.2) is 4.79 Å². The van der Waals surface area contributed by atoms with Crippen LogP contribution in [-0.2, 0) is 14.3 Å². The first kappa shape index (κ1) is 24.6. The number of carboxylic acids is 1. The molecule has 0 unspecified atom stereocenters. The SMILES string of the molecule is CCN(CCCC(=O)O)C(=O)CSCCNC(=O)OCC1c2ccccc2-c2ccccc21. The van der Waals surface area contributed by atoms with Crippen LogP contribution in [0.5, 0.6) is 0 Å². The molecular formula is C25H30N2O5S. The van der Waals surface area contributed by atoms with Crippen molar-refractivity contribution in [1.82, 2.24) is 10.2 Å². The van der Waals surface area contributed by atoms with E-state index in [0.717, 1.165) is 0 Å². The molecule has 0 radical (unpaired) electrons. The normalized spacial score (nSPS) is 12.0. The second-order valence-electron chi connectivity index (χ2n) is 7.78. The van der Waals surface area contributed by atoms with Gasteiger partial charge in [-0.15, -0.1) is 0 Å². The molecule has 0 heterocycles. The van der Waals surface area contributed by atoms with Gasteiger partial charge in [-0.3, -0.25) is 9.59 Å². The largest absolute Gasteiger partial charge is 0.481 e. The van der Waals surface area contributed by atoms with Crippen LogP contribution >= 0.6 is 11.8 Å². The molecule has 33 heavy (non-hydrogen) atoms. The summed E-state index contributed by atoms with van der Waals surface area (Å²) in [7, 11) is 0. The molecular weight excluding hydrogens is 440 g/mol. The highest BCUT2D eigenvalue weighted by molar-refractivity contribution is 7.99. The summed E-state index contributed by atoms with van der Waals surface area (Å²) in [6.07, 6.45) is 0.0387. The molecule has 0 aliphatic heterocycles. The van der Waals surface area contributed by atoms with Crippen molar-refractivity contribution in [3.8, 4) is 11.1 Å². The van der Waals surface area contributed by atoms with Gasteiger partial charge in [-0.1, -0.05) is 48.5 Å². The highest BCUT2D eigenvalue weighted by Crippen LogP contribution is 2.44. The minimum Gasteiger partial charge on any atom is -0.481 e. The molecule has 0 spiro atoms. The number of nitrogens with one attached hydrogen (secondary N) is 1. The molecule has 0 aromatic heterocycles. The minimum atomic E-state index is -0.854. The van der Waals surface area contributed by atoms with E-state index in [1.807, 2.05) is 31.2 Å². The van der Waals surface area contributed by atoms with Crippen LogP contribution in [0, 0.1) is 0 Å². The van der Waals surface area contributed by atoms with Crippen molar-refractivity contribution < 1.29 is 24.2 Å². The number of carboxylic acid groups (broad SMARTS) is 1. The Balaban J connectivity index is 1.36. The second kappa shape index (κ2) is 12.3. The number of amides is 2. The molecule has 2 amide bonds. The van der Waals surface area contributed by atoms with E-state index >= 15 is 0 Å². The van der Waals surface area contributed by atoms with E-state index in [-0.39, 0.29) is 24.9 Å². The molecule has 0 atom stereocenters. The summed E-state index contributed by atoms with van der Waals surface area (Å²) in [6, 6.07) is 16.4. The molecule has 1 aliphatic carbocycles. The van der Waals surface area contributed by atoms with Gasteiger partial charge in [0, 0.05) is 37.7 Å². The van der Waals surface area contributed by atoms with Crippen LogP contribution in [-0.4, -0.2) is 65.7 Å². The van der Waals surface area contributed by atoms with Gasteiger partial charge in [0.05, 0.1) is 5.75 Å². The molecule has 7 nitrogen and oxygen atoms in total. The summed E-state index contributed by atoms with van der Waals surface area (Å²) in [5.74, 6) is 0.0353. The lowest BCUT2D eigenvalue weighted by Gasteiger charge is -2.20. The third kappa shape index (κ3) is 6.74. The Kier molecular flexibility index (Phi) is 9.18. The molecule has 176 valence electrons. The Morgan fingerprint density at radius 1 is 1.06 bits per heavy atom. The van der Waals surface area contributed by atoms with Gasteiger partial charge in [0.2, 0.25) is 5.91 Å². The molecule has 2 N–H and O–H groups in total. The van der Waals surface area contributed by atoms with Crippen molar-refractivity contribution in [2.45, 2.75) is 25.7 Å². The summed E-state index contributed by atoms with van der Waals surface area (Å²) < 4.78 is 5.50. The molecule has 0 saturated heterocycles. The maximum absolute atomic E-state index is 12.2. The van der Waals surface area contributed by atoms with Crippen molar-refractivity contribution in [2.24, 2.45) is 0 Å². The lowest BCUT2D eigenvalue weighted by Crippen LogP contribution is -2.34. The van der Waals surface area contributed by atoms with Crippen LogP contribution in [0.15, 0.2) is 48.5 Å². The number of alkyl carbamates (subject to hydrolysis) is 1. The summed E-state index contributed by atoms with van der Waals surface area (Å²) in [5.41, 5.74) is 4.72. The van der Waals surface area contributed by atoms with Gasteiger partial charge in [-0.2, -0.15) is 11.8 Å². The predicted molar refractivity (Wildman–Crippen MR) is 130 cm³/mol. The summed E-state index contributed by atoms with van der Waals surface area (Å²) in [6.45, 7) is 3.55. The number of aliphatic carboxylic acids is 1. The van der Waals surface area contributed by atoms with Gasteiger partial charge in [0.1, 0.15) is 6.61 Å². The molecule has 0 saturated carbocycles. The maximum atomic E-state index is 12.2. The average Bonchev–Trinajstić information content (AvgIpc) is 3.13. The highest BCUT2D eigenvalue weighted by Gasteiger charge is 2.28. The number of carbonyl (C=O) groups excluding carboxylic acids is 2. The third-order valence-electron chi connectivity index (χ3n) is 5.64. The van der Waals surface area contributed by atoms with Crippen LogP contribution < -0.4 is 5.32 Å². The van der Waals surface area contributed by atoms with E-state index in [9.17, 15) is 14.4 Å². The average molecular weight is 471 g/mol. The van der Waals surface area contributed by atoms with E-state index in [4.69, 9.17) is 9.84 Å². The van der Waals surface area contributed by atoms with Crippen molar-refractivity contribution in [3.63, 3.8) is 0 Å². The monoisotopic (exact) mass is 470 g/mol. The van der Waals surface area contributed by atoms with E-state index in [1.165, 1.54) is 34.0 Å². The van der Waals surface area contributed by atoms with Gasteiger partial charge < -0.3 is 20.1 Å². The number of fused-ring (bicyclic) bond motifs is 3. The molecule has 3 rings (SSSR count). The molecule has 1 aliphatic rings. The number of nitrogens with zero attached hydrogens (tertiary/aromatic N) is 1. The first-order chi connectivity index (χ1) is 16.0. The number of benzene rings is 2. The van der Waals surface area contributed by atoms with E-state index in [1.54, 1.807) is 4.90 Å². The zero-order chi connectivity index (χ0) is 23.6. The smallest absolute Gasteiger partial charge is 0.407 e. The molecule has 2 aromatic rings. The Morgan fingerprint density at radius 3 is 2.30 bits per heavy atom. The standard InChI is InChI=1S/C25H30N2O5S/c1-2-27(14-7-12-24(29)30)23(28)17-33-15-13-26-25(31)32-16-22-20-10-5-3-8-18(20)19-9-4-6-11-21(19)22/h3-6,8-11,22H,2,7,12-17H2,1H3,(H,26,31)(H,29,30). The Bertz CT molecular complexity index is 935. The Hall–Kier alpha value is -3.00. The third-order valence-corrected chi connectivity index (χ3v) is 6.58. The zero-order valence-corrected chi connectivity index (χ0v) is 19.6. The minimum absolute atomic E-state index is 0.0194. The summed E-state index contributed by atoms with van der Waals surface area (Å²) in [4.78, 5) is 36.7.